The number of hydrogen-bond donors (Lipinski definition) is 1. The molecule has 4 heteroatoms. The van der Waals surface area contributed by atoms with Gasteiger partial charge >= 0.3 is 0 Å². The van der Waals surface area contributed by atoms with Crippen molar-refractivity contribution in [1.82, 2.24) is 0 Å². The van der Waals surface area contributed by atoms with Gasteiger partial charge in [0.25, 0.3) is 5.91 Å². The molecule has 1 heterocycles. The van der Waals surface area contributed by atoms with E-state index in [1.54, 1.807) is 0 Å². The van der Waals surface area contributed by atoms with Crippen molar-refractivity contribution >= 4 is 34.5 Å². The predicted molar refractivity (Wildman–Crippen MR) is 105 cm³/mol. The van der Waals surface area contributed by atoms with Crippen LogP contribution in [0.1, 0.15) is 44.7 Å². The van der Waals surface area contributed by atoms with Crippen LogP contribution < -0.4 is 5.32 Å². The minimum atomic E-state index is -0.212. The molecule has 3 atom stereocenters. The first-order chi connectivity index (χ1) is 11.8. The highest BCUT2D eigenvalue weighted by Crippen LogP contribution is 2.59. The zero-order valence-corrected chi connectivity index (χ0v) is 15.7. The van der Waals surface area contributed by atoms with Crippen LogP contribution in [0.4, 0.5) is 5.69 Å². The lowest BCUT2D eigenvalue weighted by atomic mass is 9.53. The number of anilines is 1. The van der Waals surface area contributed by atoms with Crippen molar-refractivity contribution in [2.45, 2.75) is 45.1 Å². The van der Waals surface area contributed by atoms with E-state index in [4.69, 9.17) is 12.2 Å². The first-order valence-electron chi connectivity index (χ1n) is 8.75. The zero-order valence-electron chi connectivity index (χ0n) is 14.8. The molecule has 0 unspecified atom stereocenters. The molecular weight excluding hydrogens is 328 g/mol. The summed E-state index contributed by atoms with van der Waals surface area (Å²) in [6, 6.07) is 6.00. The molecule has 128 valence electrons. The lowest BCUT2D eigenvalue weighted by Gasteiger charge is -2.50. The van der Waals surface area contributed by atoms with Gasteiger partial charge < -0.3 is 5.32 Å². The summed E-state index contributed by atoms with van der Waals surface area (Å²) in [5.41, 5.74) is 4.87. The average molecular weight is 350 g/mol. The van der Waals surface area contributed by atoms with Crippen molar-refractivity contribution in [1.29, 1.82) is 0 Å². The van der Waals surface area contributed by atoms with Gasteiger partial charge in [-0.25, -0.2) is 4.99 Å². The molecule has 1 aliphatic heterocycles. The molecule has 0 spiro atoms. The third-order valence-corrected chi connectivity index (χ3v) is 6.66. The van der Waals surface area contributed by atoms with Gasteiger partial charge in [0.15, 0.2) is 0 Å². The number of benzene rings is 1. The largest absolute Gasteiger partial charge is 0.321 e. The monoisotopic (exact) mass is 350 g/mol. The van der Waals surface area contributed by atoms with Crippen LogP contribution in [-0.2, 0) is 10.2 Å². The van der Waals surface area contributed by atoms with Crippen molar-refractivity contribution in [2.75, 3.05) is 5.32 Å². The summed E-state index contributed by atoms with van der Waals surface area (Å²) in [5.74, 6) is 0.245. The van der Waals surface area contributed by atoms with Gasteiger partial charge in [-0.1, -0.05) is 39.0 Å². The molecule has 0 aromatic heterocycles. The Bertz CT molecular complexity index is 891. The SMILES string of the molecule is C=C[C@@]1(C)CC[C@H]2C(=C3C(=O)Nc4cccc(c43)C2(C)C)[C@H]1N=C=S. The molecule has 2 aliphatic carbocycles. The maximum Gasteiger partial charge on any atom is 0.256 e. The minimum absolute atomic E-state index is 0.0177. The van der Waals surface area contributed by atoms with Gasteiger partial charge in [-0.15, -0.1) is 6.58 Å². The summed E-state index contributed by atoms with van der Waals surface area (Å²) in [6.07, 6.45) is 3.96. The third kappa shape index (κ3) is 2.01. The van der Waals surface area contributed by atoms with Crippen LogP contribution in [0.2, 0.25) is 0 Å². The molecule has 1 saturated carbocycles. The highest BCUT2D eigenvalue weighted by atomic mass is 32.1. The molecule has 1 fully saturated rings. The second-order valence-corrected chi connectivity index (χ2v) is 8.34. The first kappa shape index (κ1) is 16.4. The average Bonchev–Trinajstić information content (AvgIpc) is 2.91. The van der Waals surface area contributed by atoms with Crippen molar-refractivity contribution in [3.63, 3.8) is 0 Å². The lowest BCUT2D eigenvalue weighted by molar-refractivity contribution is -0.110. The Morgan fingerprint density at radius 1 is 1.40 bits per heavy atom. The number of hydrogen-bond acceptors (Lipinski definition) is 3. The van der Waals surface area contributed by atoms with Crippen LogP contribution in [0.5, 0.6) is 0 Å². The van der Waals surface area contributed by atoms with Gasteiger partial charge in [0.1, 0.15) is 0 Å². The van der Waals surface area contributed by atoms with Crippen molar-refractivity contribution < 1.29 is 4.79 Å². The first-order valence-corrected chi connectivity index (χ1v) is 9.16. The molecule has 1 amide bonds. The Morgan fingerprint density at radius 3 is 2.84 bits per heavy atom. The second kappa shape index (κ2) is 5.23. The number of amides is 1. The molecule has 3 aliphatic rings. The number of carbonyl (C=O) groups excluding carboxylic acids is 1. The molecule has 4 rings (SSSR count). The number of nitrogens with zero attached hydrogens (tertiary/aromatic N) is 1. The zero-order chi connectivity index (χ0) is 18.0. The lowest BCUT2D eigenvalue weighted by Crippen LogP contribution is -2.47. The molecule has 0 saturated heterocycles. The number of carbonyl (C=O) groups is 1. The van der Waals surface area contributed by atoms with Crippen molar-refractivity contribution in [3.05, 3.63) is 47.6 Å². The molecule has 1 aromatic rings. The second-order valence-electron chi connectivity index (χ2n) is 8.16. The van der Waals surface area contributed by atoms with Crippen molar-refractivity contribution in [2.24, 2.45) is 16.3 Å². The fourth-order valence-corrected chi connectivity index (χ4v) is 5.17. The van der Waals surface area contributed by atoms with Gasteiger partial charge in [0, 0.05) is 16.7 Å². The van der Waals surface area contributed by atoms with Gasteiger partial charge in [0.2, 0.25) is 0 Å². The number of nitrogens with one attached hydrogen (secondary N) is 1. The van der Waals surface area contributed by atoms with Crippen LogP contribution >= 0.6 is 12.2 Å². The van der Waals surface area contributed by atoms with E-state index in [0.29, 0.717) is 0 Å². The summed E-state index contributed by atoms with van der Waals surface area (Å²) < 4.78 is 0. The fraction of sp³-hybridized carbons (Fsp3) is 0.429. The normalized spacial score (nSPS) is 31.6. The number of fused-ring (bicyclic) bond motifs is 1. The molecular formula is C21H22N2OS. The van der Waals surface area contributed by atoms with Crippen LogP contribution in [0.3, 0.4) is 0 Å². The van der Waals surface area contributed by atoms with Crippen LogP contribution in [0.15, 0.2) is 41.4 Å². The number of thiocarbonyl (C=S) groups is 1. The Labute approximate surface area is 153 Å². The molecule has 0 radical (unpaired) electrons. The quantitative estimate of drug-likeness (QED) is 0.475. The van der Waals surface area contributed by atoms with E-state index >= 15 is 0 Å². The van der Waals surface area contributed by atoms with Gasteiger partial charge in [-0.3, -0.25) is 4.79 Å². The summed E-state index contributed by atoms with van der Waals surface area (Å²) >= 11 is 4.96. The molecule has 1 aromatic carbocycles. The highest BCUT2D eigenvalue weighted by molar-refractivity contribution is 7.78. The maximum absolute atomic E-state index is 12.9. The molecule has 25 heavy (non-hydrogen) atoms. The molecule has 3 nitrogen and oxygen atoms in total. The Kier molecular flexibility index (Phi) is 3.44. The van der Waals surface area contributed by atoms with Gasteiger partial charge in [-0.2, -0.15) is 0 Å². The Morgan fingerprint density at radius 2 is 2.16 bits per heavy atom. The van der Waals surface area contributed by atoms with E-state index < -0.39 is 0 Å². The Balaban J connectivity index is 2.09. The maximum atomic E-state index is 12.9. The van der Waals surface area contributed by atoms with E-state index in [1.165, 1.54) is 5.56 Å². The summed E-state index contributed by atoms with van der Waals surface area (Å²) in [7, 11) is 0. The fourth-order valence-electron chi connectivity index (χ4n) is 5.06. The third-order valence-electron chi connectivity index (χ3n) is 6.56. The minimum Gasteiger partial charge on any atom is -0.321 e. The van der Waals surface area contributed by atoms with Crippen LogP contribution in [-0.4, -0.2) is 17.1 Å². The Hall–Kier alpha value is -2.03. The van der Waals surface area contributed by atoms with E-state index in [2.05, 4.69) is 48.9 Å². The smallest absolute Gasteiger partial charge is 0.256 e. The van der Waals surface area contributed by atoms with Gasteiger partial charge in [-0.05, 0) is 53.6 Å². The summed E-state index contributed by atoms with van der Waals surface area (Å²) in [6.45, 7) is 10.8. The van der Waals surface area contributed by atoms with Crippen LogP contribution in [0.25, 0.3) is 5.57 Å². The summed E-state index contributed by atoms with van der Waals surface area (Å²) in [5, 5.41) is 5.63. The predicted octanol–water partition coefficient (Wildman–Crippen LogP) is 4.76. The van der Waals surface area contributed by atoms with Crippen molar-refractivity contribution in [3.8, 4) is 0 Å². The number of rotatable bonds is 2. The number of isothiocyanates is 1. The highest BCUT2D eigenvalue weighted by Gasteiger charge is 2.53. The molecule has 1 N–H and O–H groups in total. The van der Waals surface area contributed by atoms with E-state index in [0.717, 1.165) is 35.2 Å². The van der Waals surface area contributed by atoms with E-state index in [9.17, 15) is 4.79 Å². The van der Waals surface area contributed by atoms with E-state index in [1.807, 2.05) is 18.2 Å². The van der Waals surface area contributed by atoms with E-state index in [-0.39, 0.29) is 28.7 Å². The summed E-state index contributed by atoms with van der Waals surface area (Å²) in [4.78, 5) is 17.4. The number of aliphatic imine (C=N–C) groups is 1. The topological polar surface area (TPSA) is 41.5 Å². The standard InChI is InChI=1S/C21H22N2OS/c1-5-21(4)10-9-13-16(18(21)22-11-25)17-15-12(20(13,2)3)7-6-8-14(15)23-19(17)24/h5-8,13,18H,1,9-10H2,2-4H3,(H,23,24)/t13-,18+,21-/m0/s1. The van der Waals surface area contributed by atoms with Crippen LogP contribution in [0, 0.1) is 11.3 Å². The molecule has 0 bridgehead atoms. The van der Waals surface area contributed by atoms with Gasteiger partial charge in [0.05, 0.1) is 16.8 Å².